The van der Waals surface area contributed by atoms with Crippen LogP contribution in [0.25, 0.3) is 0 Å². The Bertz CT molecular complexity index is 355. The van der Waals surface area contributed by atoms with Gasteiger partial charge in [-0.2, -0.15) is 13.2 Å². The third-order valence-electron chi connectivity index (χ3n) is 2.09. The van der Waals surface area contributed by atoms with E-state index in [1.165, 1.54) is 0 Å². The Hall–Kier alpha value is -1.27. The third kappa shape index (κ3) is 6.46. The average molecular weight is 263 g/mol. The van der Waals surface area contributed by atoms with Crippen molar-refractivity contribution in [3.8, 4) is 5.75 Å². The van der Waals surface area contributed by atoms with Crippen LogP contribution in [0.3, 0.4) is 0 Å². The minimum Gasteiger partial charge on any atom is -0.491 e. The maximum absolute atomic E-state index is 11.8. The lowest BCUT2D eigenvalue weighted by molar-refractivity contribution is -0.175. The molecule has 0 aliphatic heterocycles. The third-order valence-corrected chi connectivity index (χ3v) is 2.09. The molecular formula is C12H16F3NO2. The molecule has 0 saturated carbocycles. The molecule has 0 bridgehead atoms. The van der Waals surface area contributed by atoms with E-state index < -0.39 is 12.8 Å². The predicted octanol–water partition coefficient (Wildman–Crippen LogP) is 2.15. The molecular weight excluding hydrogens is 247 g/mol. The van der Waals surface area contributed by atoms with Crippen molar-refractivity contribution in [3.05, 3.63) is 29.8 Å². The molecule has 1 aromatic carbocycles. The topological polar surface area (TPSA) is 44.5 Å². The molecule has 3 nitrogen and oxygen atoms in total. The molecule has 0 atom stereocenters. The minimum atomic E-state index is -4.29. The zero-order valence-corrected chi connectivity index (χ0v) is 9.87. The molecule has 0 unspecified atom stereocenters. The molecule has 0 aliphatic rings. The number of alkyl halides is 3. The second-order valence-corrected chi connectivity index (χ2v) is 3.70. The first-order valence-corrected chi connectivity index (χ1v) is 5.57. The van der Waals surface area contributed by atoms with Gasteiger partial charge < -0.3 is 15.2 Å². The molecule has 18 heavy (non-hydrogen) atoms. The largest absolute Gasteiger partial charge is 0.491 e. The minimum absolute atomic E-state index is 0.0855. The van der Waals surface area contributed by atoms with Crippen LogP contribution in [0.2, 0.25) is 0 Å². The highest BCUT2D eigenvalue weighted by Crippen LogP contribution is 2.15. The van der Waals surface area contributed by atoms with Gasteiger partial charge in [0, 0.05) is 0 Å². The number of ether oxygens (including phenoxy) is 2. The second-order valence-electron chi connectivity index (χ2n) is 3.70. The first-order chi connectivity index (χ1) is 8.51. The van der Waals surface area contributed by atoms with Crippen molar-refractivity contribution in [2.75, 3.05) is 26.4 Å². The summed E-state index contributed by atoms with van der Waals surface area (Å²) in [7, 11) is 0. The van der Waals surface area contributed by atoms with Crippen LogP contribution in [-0.2, 0) is 11.2 Å². The summed E-state index contributed by atoms with van der Waals surface area (Å²) in [5, 5.41) is 0. The van der Waals surface area contributed by atoms with Crippen molar-refractivity contribution >= 4 is 0 Å². The quantitative estimate of drug-likeness (QED) is 0.767. The first kappa shape index (κ1) is 14.8. The average Bonchev–Trinajstić information content (AvgIpc) is 2.28. The van der Waals surface area contributed by atoms with E-state index in [-0.39, 0.29) is 13.2 Å². The van der Waals surface area contributed by atoms with E-state index in [1.54, 1.807) is 6.07 Å². The normalized spacial score (nSPS) is 11.6. The zero-order chi connectivity index (χ0) is 13.4. The van der Waals surface area contributed by atoms with Gasteiger partial charge in [-0.15, -0.1) is 0 Å². The van der Waals surface area contributed by atoms with Crippen molar-refractivity contribution in [3.63, 3.8) is 0 Å². The maximum Gasteiger partial charge on any atom is 0.411 e. The molecule has 2 N–H and O–H groups in total. The smallest absolute Gasteiger partial charge is 0.411 e. The molecule has 0 spiro atoms. The Morgan fingerprint density at radius 2 is 1.94 bits per heavy atom. The van der Waals surface area contributed by atoms with Crippen molar-refractivity contribution in [1.82, 2.24) is 0 Å². The molecule has 0 aromatic heterocycles. The van der Waals surface area contributed by atoms with Gasteiger partial charge >= 0.3 is 6.18 Å². The molecule has 0 radical (unpaired) electrons. The molecule has 0 heterocycles. The Morgan fingerprint density at radius 1 is 1.17 bits per heavy atom. The summed E-state index contributed by atoms with van der Waals surface area (Å²) in [5.41, 5.74) is 6.46. The van der Waals surface area contributed by atoms with Gasteiger partial charge in [-0.3, -0.25) is 0 Å². The van der Waals surface area contributed by atoms with E-state index in [4.69, 9.17) is 10.5 Å². The number of hydrogen-bond acceptors (Lipinski definition) is 3. The van der Waals surface area contributed by atoms with E-state index in [2.05, 4.69) is 4.74 Å². The molecule has 0 amide bonds. The fourth-order valence-electron chi connectivity index (χ4n) is 1.36. The lowest BCUT2D eigenvalue weighted by Crippen LogP contribution is -2.19. The highest BCUT2D eigenvalue weighted by molar-refractivity contribution is 5.28. The molecule has 0 fully saturated rings. The van der Waals surface area contributed by atoms with Gasteiger partial charge in [0.25, 0.3) is 0 Å². The lowest BCUT2D eigenvalue weighted by Gasteiger charge is -2.09. The van der Waals surface area contributed by atoms with Gasteiger partial charge in [0.05, 0.1) is 6.61 Å². The summed E-state index contributed by atoms with van der Waals surface area (Å²) in [4.78, 5) is 0. The SMILES string of the molecule is NCCc1cccc(OCCOCC(F)(F)F)c1. The highest BCUT2D eigenvalue weighted by Gasteiger charge is 2.27. The van der Waals surface area contributed by atoms with E-state index in [1.807, 2.05) is 18.2 Å². The second kappa shape index (κ2) is 7.23. The first-order valence-electron chi connectivity index (χ1n) is 5.57. The van der Waals surface area contributed by atoms with Crippen LogP contribution in [0.15, 0.2) is 24.3 Å². The van der Waals surface area contributed by atoms with Gasteiger partial charge in [-0.05, 0) is 30.7 Å². The molecule has 0 saturated heterocycles. The number of halogens is 3. The Balaban J connectivity index is 2.24. The van der Waals surface area contributed by atoms with Crippen molar-refractivity contribution < 1.29 is 22.6 Å². The van der Waals surface area contributed by atoms with Crippen molar-refractivity contribution in [2.24, 2.45) is 5.73 Å². The molecule has 6 heteroatoms. The maximum atomic E-state index is 11.8. The summed E-state index contributed by atoms with van der Waals surface area (Å²) >= 11 is 0. The van der Waals surface area contributed by atoms with Crippen LogP contribution >= 0.6 is 0 Å². The summed E-state index contributed by atoms with van der Waals surface area (Å²) < 4.78 is 45.0. The predicted molar refractivity (Wildman–Crippen MR) is 61.6 cm³/mol. The number of nitrogens with two attached hydrogens (primary N) is 1. The fraction of sp³-hybridized carbons (Fsp3) is 0.500. The van der Waals surface area contributed by atoms with Crippen molar-refractivity contribution in [1.29, 1.82) is 0 Å². The van der Waals surface area contributed by atoms with E-state index >= 15 is 0 Å². The summed E-state index contributed by atoms with van der Waals surface area (Å²) in [6.45, 7) is -0.718. The van der Waals surface area contributed by atoms with Gasteiger partial charge in [-0.25, -0.2) is 0 Å². The monoisotopic (exact) mass is 263 g/mol. The molecule has 102 valence electrons. The van der Waals surface area contributed by atoms with E-state index in [0.29, 0.717) is 12.3 Å². The zero-order valence-electron chi connectivity index (χ0n) is 9.87. The van der Waals surface area contributed by atoms with E-state index in [9.17, 15) is 13.2 Å². The van der Waals surface area contributed by atoms with Gasteiger partial charge in [0.2, 0.25) is 0 Å². The standard InChI is InChI=1S/C12H16F3NO2/c13-12(14,15)9-17-6-7-18-11-3-1-2-10(8-11)4-5-16/h1-3,8H,4-7,9,16H2. The Morgan fingerprint density at radius 3 is 2.61 bits per heavy atom. The lowest BCUT2D eigenvalue weighted by atomic mass is 10.1. The van der Waals surface area contributed by atoms with Crippen LogP contribution in [-0.4, -0.2) is 32.5 Å². The number of hydrogen-bond donors (Lipinski definition) is 1. The summed E-state index contributed by atoms with van der Waals surface area (Å²) in [6, 6.07) is 7.29. The molecule has 1 rings (SSSR count). The van der Waals surface area contributed by atoms with Crippen LogP contribution in [0.1, 0.15) is 5.56 Å². The van der Waals surface area contributed by atoms with Gasteiger partial charge in [-0.1, -0.05) is 12.1 Å². The fourth-order valence-corrected chi connectivity index (χ4v) is 1.36. The highest BCUT2D eigenvalue weighted by atomic mass is 19.4. The van der Waals surface area contributed by atoms with Crippen LogP contribution in [0.4, 0.5) is 13.2 Å². The Labute approximate surface area is 104 Å². The molecule has 1 aromatic rings. The molecule has 0 aliphatic carbocycles. The van der Waals surface area contributed by atoms with Crippen molar-refractivity contribution in [2.45, 2.75) is 12.6 Å². The summed E-state index contributed by atoms with van der Waals surface area (Å²) in [6.07, 6.45) is -3.55. The van der Waals surface area contributed by atoms with Crippen LogP contribution in [0, 0.1) is 0 Å². The van der Waals surface area contributed by atoms with Crippen LogP contribution < -0.4 is 10.5 Å². The Kier molecular flexibility index (Phi) is 5.94. The van der Waals surface area contributed by atoms with Gasteiger partial charge in [0.1, 0.15) is 19.0 Å². The number of benzene rings is 1. The van der Waals surface area contributed by atoms with Gasteiger partial charge in [0.15, 0.2) is 0 Å². The summed E-state index contributed by atoms with van der Waals surface area (Å²) in [5.74, 6) is 0.608. The van der Waals surface area contributed by atoms with Crippen LogP contribution in [0.5, 0.6) is 5.75 Å². The van der Waals surface area contributed by atoms with E-state index in [0.717, 1.165) is 12.0 Å². The number of rotatable bonds is 7.